The SMILES string of the molecule is CC1(C)CC(C(=N)c2ccccn2)(N2CCN(Cc3ccccc3)CC2)CCO1. The predicted molar refractivity (Wildman–Crippen MR) is 116 cm³/mol. The topological polar surface area (TPSA) is 52.5 Å². The lowest BCUT2D eigenvalue weighted by Gasteiger charge is -2.53. The van der Waals surface area contributed by atoms with Gasteiger partial charge in [0.2, 0.25) is 0 Å². The molecule has 0 bridgehead atoms. The summed E-state index contributed by atoms with van der Waals surface area (Å²) in [4.78, 5) is 9.57. The molecule has 2 aromatic rings. The summed E-state index contributed by atoms with van der Waals surface area (Å²) in [6.07, 6.45) is 3.47. The molecule has 2 aliphatic heterocycles. The minimum absolute atomic E-state index is 0.236. The van der Waals surface area contributed by atoms with Gasteiger partial charge in [-0.1, -0.05) is 36.4 Å². The predicted octanol–water partition coefficient (Wildman–Crippen LogP) is 3.60. The number of ether oxygens (including phenoxy) is 1. The normalized spacial score (nSPS) is 25.6. The second kappa shape index (κ2) is 8.34. The van der Waals surface area contributed by atoms with Crippen molar-refractivity contribution in [2.24, 2.45) is 0 Å². The third-order valence-electron chi connectivity index (χ3n) is 6.34. The number of benzene rings is 1. The summed E-state index contributed by atoms with van der Waals surface area (Å²) >= 11 is 0. The van der Waals surface area contributed by atoms with Gasteiger partial charge < -0.3 is 10.1 Å². The molecule has 4 rings (SSSR count). The minimum Gasteiger partial charge on any atom is -0.375 e. The summed E-state index contributed by atoms with van der Waals surface area (Å²) in [5, 5.41) is 9.14. The lowest BCUT2D eigenvalue weighted by molar-refractivity contribution is -0.105. The van der Waals surface area contributed by atoms with E-state index in [1.54, 1.807) is 6.20 Å². The molecule has 0 saturated carbocycles. The molecule has 0 amide bonds. The van der Waals surface area contributed by atoms with Crippen LogP contribution in [0.2, 0.25) is 0 Å². The number of hydrogen-bond donors (Lipinski definition) is 1. The molecular formula is C24H32N4O. The molecule has 1 aromatic carbocycles. The first-order valence-electron chi connectivity index (χ1n) is 10.6. The molecule has 1 aromatic heterocycles. The number of hydrogen-bond acceptors (Lipinski definition) is 5. The maximum atomic E-state index is 9.14. The average molecular weight is 393 g/mol. The third kappa shape index (κ3) is 4.42. The largest absolute Gasteiger partial charge is 0.375 e. The Kier molecular flexibility index (Phi) is 5.81. The van der Waals surface area contributed by atoms with Gasteiger partial charge in [-0.25, -0.2) is 0 Å². The number of rotatable bonds is 5. The van der Waals surface area contributed by atoms with Gasteiger partial charge in [-0.3, -0.25) is 14.8 Å². The summed E-state index contributed by atoms with van der Waals surface area (Å²) < 4.78 is 6.04. The van der Waals surface area contributed by atoms with E-state index in [0.29, 0.717) is 12.3 Å². The van der Waals surface area contributed by atoms with Crippen molar-refractivity contribution < 1.29 is 4.74 Å². The minimum atomic E-state index is -0.311. The van der Waals surface area contributed by atoms with Gasteiger partial charge in [-0.15, -0.1) is 0 Å². The van der Waals surface area contributed by atoms with E-state index in [4.69, 9.17) is 10.1 Å². The van der Waals surface area contributed by atoms with Gasteiger partial charge in [-0.2, -0.15) is 0 Å². The van der Waals surface area contributed by atoms with Crippen LogP contribution in [0.1, 0.15) is 37.9 Å². The van der Waals surface area contributed by atoms with E-state index in [-0.39, 0.29) is 11.1 Å². The fraction of sp³-hybridized carbons (Fsp3) is 0.500. The Labute approximate surface area is 174 Å². The summed E-state index contributed by atoms with van der Waals surface area (Å²) in [7, 11) is 0. The van der Waals surface area contributed by atoms with Crippen LogP contribution in [0.5, 0.6) is 0 Å². The maximum absolute atomic E-state index is 9.14. The van der Waals surface area contributed by atoms with Crippen LogP contribution in [0.15, 0.2) is 54.7 Å². The van der Waals surface area contributed by atoms with Crippen LogP contribution in [-0.4, -0.2) is 64.4 Å². The molecule has 5 nitrogen and oxygen atoms in total. The quantitative estimate of drug-likeness (QED) is 0.790. The summed E-state index contributed by atoms with van der Waals surface area (Å²) in [5.74, 6) is 0. The molecule has 154 valence electrons. The van der Waals surface area contributed by atoms with Crippen molar-refractivity contribution in [1.82, 2.24) is 14.8 Å². The van der Waals surface area contributed by atoms with Crippen LogP contribution in [0, 0.1) is 5.41 Å². The number of nitrogens with zero attached hydrogens (tertiary/aromatic N) is 3. The van der Waals surface area contributed by atoms with Crippen LogP contribution < -0.4 is 0 Å². The maximum Gasteiger partial charge on any atom is 0.0856 e. The third-order valence-corrected chi connectivity index (χ3v) is 6.34. The highest BCUT2D eigenvalue weighted by Gasteiger charge is 2.49. The van der Waals surface area contributed by atoms with Gasteiger partial charge in [-0.05, 0) is 38.0 Å². The zero-order chi connectivity index (χ0) is 20.3. The van der Waals surface area contributed by atoms with Crippen molar-refractivity contribution in [2.75, 3.05) is 32.8 Å². The van der Waals surface area contributed by atoms with E-state index >= 15 is 0 Å². The second-order valence-electron chi connectivity index (χ2n) is 8.91. The van der Waals surface area contributed by atoms with Gasteiger partial charge in [0, 0.05) is 51.9 Å². The zero-order valence-electron chi connectivity index (χ0n) is 17.6. The lowest BCUT2D eigenvalue weighted by Crippen LogP contribution is -2.65. The molecule has 3 heterocycles. The van der Waals surface area contributed by atoms with Crippen molar-refractivity contribution in [3.05, 3.63) is 66.0 Å². The second-order valence-corrected chi connectivity index (χ2v) is 8.91. The van der Waals surface area contributed by atoms with Crippen LogP contribution in [0.25, 0.3) is 0 Å². The van der Waals surface area contributed by atoms with Crippen LogP contribution in [0.4, 0.5) is 0 Å². The van der Waals surface area contributed by atoms with E-state index in [1.165, 1.54) is 5.56 Å². The van der Waals surface area contributed by atoms with E-state index in [2.05, 4.69) is 59.0 Å². The Balaban J connectivity index is 1.52. The number of piperazine rings is 1. The standard InChI is InChI=1S/C24H32N4O/c1-23(2)19-24(11-17-29-23,22(25)21-10-6-7-12-26-21)28-15-13-27(14-16-28)18-20-8-4-3-5-9-20/h3-10,12,25H,11,13-19H2,1-2H3. The smallest absolute Gasteiger partial charge is 0.0856 e. The first-order chi connectivity index (χ1) is 14.0. The molecule has 5 heteroatoms. The molecule has 1 unspecified atom stereocenters. The Morgan fingerprint density at radius 2 is 1.76 bits per heavy atom. The van der Waals surface area contributed by atoms with E-state index in [9.17, 15) is 0 Å². The monoisotopic (exact) mass is 392 g/mol. The Morgan fingerprint density at radius 1 is 1.03 bits per heavy atom. The van der Waals surface area contributed by atoms with Crippen molar-refractivity contribution in [2.45, 2.75) is 44.4 Å². The van der Waals surface area contributed by atoms with Gasteiger partial charge in [0.15, 0.2) is 0 Å². The Morgan fingerprint density at radius 3 is 2.41 bits per heavy atom. The number of nitrogens with one attached hydrogen (secondary N) is 1. The van der Waals surface area contributed by atoms with Crippen molar-refractivity contribution in [3.8, 4) is 0 Å². The molecule has 29 heavy (non-hydrogen) atoms. The van der Waals surface area contributed by atoms with Crippen molar-refractivity contribution >= 4 is 5.71 Å². The van der Waals surface area contributed by atoms with Crippen molar-refractivity contribution in [1.29, 1.82) is 5.41 Å². The molecule has 2 saturated heterocycles. The zero-order valence-corrected chi connectivity index (χ0v) is 17.6. The number of pyridine rings is 1. The van der Waals surface area contributed by atoms with Gasteiger partial charge in [0.25, 0.3) is 0 Å². The van der Waals surface area contributed by atoms with E-state index in [1.807, 2.05) is 18.2 Å². The molecular weight excluding hydrogens is 360 g/mol. The van der Waals surface area contributed by atoms with Crippen LogP contribution in [-0.2, 0) is 11.3 Å². The average Bonchev–Trinajstić information content (AvgIpc) is 2.74. The summed E-state index contributed by atoms with van der Waals surface area (Å²) in [6.45, 7) is 9.97. The van der Waals surface area contributed by atoms with Crippen LogP contribution >= 0.6 is 0 Å². The summed E-state index contributed by atoms with van der Waals surface area (Å²) in [5.41, 5.74) is 2.25. The van der Waals surface area contributed by atoms with Gasteiger partial charge in [0.1, 0.15) is 0 Å². The van der Waals surface area contributed by atoms with Crippen molar-refractivity contribution in [3.63, 3.8) is 0 Å². The first-order valence-corrected chi connectivity index (χ1v) is 10.6. The molecule has 1 atom stereocenters. The van der Waals surface area contributed by atoms with Crippen LogP contribution in [0.3, 0.4) is 0 Å². The van der Waals surface area contributed by atoms with E-state index in [0.717, 1.165) is 51.3 Å². The van der Waals surface area contributed by atoms with E-state index < -0.39 is 0 Å². The van der Waals surface area contributed by atoms with Gasteiger partial charge in [0.05, 0.1) is 22.5 Å². The fourth-order valence-corrected chi connectivity index (χ4v) is 4.91. The molecule has 1 N–H and O–H groups in total. The first kappa shape index (κ1) is 20.2. The molecule has 0 spiro atoms. The highest BCUT2D eigenvalue weighted by atomic mass is 16.5. The van der Waals surface area contributed by atoms with Gasteiger partial charge >= 0.3 is 0 Å². The summed E-state index contributed by atoms with van der Waals surface area (Å²) in [6, 6.07) is 16.6. The molecule has 2 aliphatic rings. The molecule has 0 radical (unpaired) electrons. The molecule has 2 fully saturated rings. The lowest BCUT2D eigenvalue weighted by atomic mass is 9.75. The Bertz CT molecular complexity index is 815. The number of aromatic nitrogens is 1. The highest BCUT2D eigenvalue weighted by molar-refractivity contribution is 6.04. The molecule has 0 aliphatic carbocycles. The highest BCUT2D eigenvalue weighted by Crippen LogP contribution is 2.39. The fourth-order valence-electron chi connectivity index (χ4n) is 4.91. The Hall–Kier alpha value is -2.08.